The molecule has 0 spiro atoms. The van der Waals surface area contributed by atoms with E-state index in [9.17, 15) is 4.79 Å². The Hall–Kier alpha value is -1.35. The highest BCUT2D eigenvalue weighted by molar-refractivity contribution is 5.85. The van der Waals surface area contributed by atoms with Gasteiger partial charge in [-0.15, -0.1) is 0 Å². The SMILES string of the molecule is CC1NC(c2ccccc2)N(C2CC2(C)C)C1=O. The predicted octanol–water partition coefficient (Wildman–Crippen LogP) is 2.30. The minimum absolute atomic E-state index is 0.0421. The molecule has 0 aromatic heterocycles. The molecule has 1 saturated heterocycles. The van der Waals surface area contributed by atoms with Crippen LogP contribution in [-0.2, 0) is 4.79 Å². The molecule has 18 heavy (non-hydrogen) atoms. The number of hydrogen-bond acceptors (Lipinski definition) is 2. The van der Waals surface area contributed by atoms with Gasteiger partial charge in [-0.05, 0) is 24.3 Å². The molecule has 2 aliphatic rings. The fourth-order valence-corrected chi connectivity index (χ4v) is 2.88. The smallest absolute Gasteiger partial charge is 0.241 e. The van der Waals surface area contributed by atoms with Gasteiger partial charge in [-0.2, -0.15) is 0 Å². The second kappa shape index (κ2) is 3.82. The number of amides is 1. The summed E-state index contributed by atoms with van der Waals surface area (Å²) in [5, 5.41) is 3.41. The Morgan fingerprint density at radius 1 is 1.28 bits per heavy atom. The molecule has 3 atom stereocenters. The van der Waals surface area contributed by atoms with Crippen molar-refractivity contribution in [1.29, 1.82) is 0 Å². The van der Waals surface area contributed by atoms with Crippen LogP contribution in [-0.4, -0.2) is 22.9 Å². The molecule has 0 radical (unpaired) electrons. The topological polar surface area (TPSA) is 32.3 Å². The Morgan fingerprint density at radius 3 is 2.44 bits per heavy atom. The second-order valence-electron chi connectivity index (χ2n) is 6.16. The van der Waals surface area contributed by atoms with Crippen molar-refractivity contribution in [1.82, 2.24) is 10.2 Å². The van der Waals surface area contributed by atoms with Gasteiger partial charge in [-0.3, -0.25) is 10.1 Å². The van der Waals surface area contributed by atoms with Crippen LogP contribution in [0.3, 0.4) is 0 Å². The van der Waals surface area contributed by atoms with Crippen molar-refractivity contribution >= 4 is 5.91 Å². The molecule has 1 amide bonds. The maximum Gasteiger partial charge on any atom is 0.241 e. The summed E-state index contributed by atoms with van der Waals surface area (Å²) in [7, 11) is 0. The van der Waals surface area contributed by atoms with Crippen molar-refractivity contribution in [2.24, 2.45) is 5.41 Å². The first-order valence-corrected chi connectivity index (χ1v) is 6.64. The Labute approximate surface area is 108 Å². The van der Waals surface area contributed by atoms with Crippen molar-refractivity contribution in [2.45, 2.75) is 45.4 Å². The third-order valence-electron chi connectivity index (χ3n) is 4.22. The van der Waals surface area contributed by atoms with E-state index >= 15 is 0 Å². The van der Waals surface area contributed by atoms with Gasteiger partial charge in [-0.1, -0.05) is 44.2 Å². The first kappa shape index (κ1) is 11.7. The van der Waals surface area contributed by atoms with Crippen LogP contribution in [0.25, 0.3) is 0 Å². The predicted molar refractivity (Wildman–Crippen MR) is 70.8 cm³/mol. The minimum Gasteiger partial charge on any atom is -0.318 e. The van der Waals surface area contributed by atoms with Gasteiger partial charge in [0.25, 0.3) is 0 Å². The molecule has 96 valence electrons. The molecule has 3 heteroatoms. The summed E-state index contributed by atoms with van der Waals surface area (Å²) in [6, 6.07) is 10.5. The van der Waals surface area contributed by atoms with Crippen molar-refractivity contribution in [2.75, 3.05) is 0 Å². The van der Waals surface area contributed by atoms with Gasteiger partial charge in [-0.25, -0.2) is 0 Å². The molecule has 1 aliphatic heterocycles. The van der Waals surface area contributed by atoms with E-state index in [1.165, 1.54) is 5.56 Å². The van der Waals surface area contributed by atoms with E-state index in [-0.39, 0.29) is 23.5 Å². The number of hydrogen-bond donors (Lipinski definition) is 1. The van der Waals surface area contributed by atoms with Gasteiger partial charge < -0.3 is 4.90 Å². The summed E-state index contributed by atoms with van der Waals surface area (Å²) >= 11 is 0. The summed E-state index contributed by atoms with van der Waals surface area (Å²) in [6.45, 7) is 6.42. The van der Waals surface area contributed by atoms with Crippen LogP contribution < -0.4 is 5.32 Å². The van der Waals surface area contributed by atoms with Crippen LogP contribution in [0.5, 0.6) is 0 Å². The van der Waals surface area contributed by atoms with E-state index in [1.807, 2.05) is 25.1 Å². The van der Waals surface area contributed by atoms with Crippen molar-refractivity contribution in [3.63, 3.8) is 0 Å². The van der Waals surface area contributed by atoms with Crippen LogP contribution in [0.2, 0.25) is 0 Å². The van der Waals surface area contributed by atoms with Crippen LogP contribution in [0.4, 0.5) is 0 Å². The van der Waals surface area contributed by atoms with Gasteiger partial charge in [0.15, 0.2) is 0 Å². The van der Waals surface area contributed by atoms with E-state index in [1.54, 1.807) is 0 Å². The summed E-state index contributed by atoms with van der Waals surface area (Å²) in [5.41, 5.74) is 1.45. The number of carbonyl (C=O) groups excluding carboxylic acids is 1. The van der Waals surface area contributed by atoms with Gasteiger partial charge in [0, 0.05) is 6.04 Å². The maximum atomic E-state index is 12.3. The number of rotatable bonds is 2. The van der Waals surface area contributed by atoms with E-state index in [2.05, 4.69) is 36.2 Å². The first-order valence-electron chi connectivity index (χ1n) is 6.64. The van der Waals surface area contributed by atoms with E-state index in [0.717, 1.165) is 6.42 Å². The summed E-state index contributed by atoms with van der Waals surface area (Å²) in [4.78, 5) is 14.4. The fraction of sp³-hybridized carbons (Fsp3) is 0.533. The lowest BCUT2D eigenvalue weighted by atomic mass is 10.1. The summed E-state index contributed by atoms with van der Waals surface area (Å²) in [5.74, 6) is 0.236. The Bertz CT molecular complexity index is 469. The highest BCUT2D eigenvalue weighted by Gasteiger charge is 2.55. The Balaban J connectivity index is 1.91. The molecule has 1 aromatic rings. The molecule has 0 bridgehead atoms. The van der Waals surface area contributed by atoms with Crippen molar-refractivity contribution in [3.05, 3.63) is 35.9 Å². The quantitative estimate of drug-likeness (QED) is 0.865. The molecule has 1 saturated carbocycles. The molecule has 2 fully saturated rings. The third-order valence-corrected chi connectivity index (χ3v) is 4.22. The van der Waals surface area contributed by atoms with Crippen molar-refractivity contribution in [3.8, 4) is 0 Å². The van der Waals surface area contributed by atoms with Gasteiger partial charge in [0.2, 0.25) is 5.91 Å². The first-order chi connectivity index (χ1) is 8.50. The van der Waals surface area contributed by atoms with E-state index < -0.39 is 0 Å². The minimum atomic E-state index is -0.0772. The number of benzene rings is 1. The zero-order valence-corrected chi connectivity index (χ0v) is 11.2. The monoisotopic (exact) mass is 244 g/mol. The molecule has 1 heterocycles. The van der Waals surface area contributed by atoms with Gasteiger partial charge in [0.05, 0.1) is 6.04 Å². The molecular formula is C15H20N2O. The fourth-order valence-electron chi connectivity index (χ4n) is 2.88. The van der Waals surface area contributed by atoms with Crippen LogP contribution in [0, 0.1) is 5.41 Å². The maximum absolute atomic E-state index is 12.3. The molecule has 3 rings (SSSR count). The van der Waals surface area contributed by atoms with E-state index in [4.69, 9.17) is 0 Å². The van der Waals surface area contributed by atoms with Gasteiger partial charge >= 0.3 is 0 Å². The van der Waals surface area contributed by atoms with Crippen LogP contribution in [0.1, 0.15) is 38.9 Å². The molecule has 3 unspecified atom stereocenters. The highest BCUT2D eigenvalue weighted by Crippen LogP contribution is 2.51. The zero-order valence-electron chi connectivity index (χ0n) is 11.2. The summed E-state index contributed by atoms with van der Waals surface area (Å²) in [6.07, 6.45) is 1.15. The molecule has 3 nitrogen and oxygen atoms in total. The average Bonchev–Trinajstić information content (AvgIpc) is 2.86. The van der Waals surface area contributed by atoms with Crippen LogP contribution >= 0.6 is 0 Å². The Morgan fingerprint density at radius 2 is 1.89 bits per heavy atom. The zero-order chi connectivity index (χ0) is 12.9. The number of nitrogens with zero attached hydrogens (tertiary/aromatic N) is 1. The highest BCUT2D eigenvalue weighted by atomic mass is 16.2. The third kappa shape index (κ3) is 1.74. The molecule has 1 aliphatic carbocycles. The van der Waals surface area contributed by atoms with Gasteiger partial charge in [0.1, 0.15) is 6.17 Å². The normalized spacial score (nSPS) is 33.8. The largest absolute Gasteiger partial charge is 0.318 e. The molecule has 1 aromatic carbocycles. The lowest BCUT2D eigenvalue weighted by Crippen LogP contribution is -2.34. The molecular weight excluding hydrogens is 224 g/mol. The lowest BCUT2D eigenvalue weighted by molar-refractivity contribution is -0.130. The summed E-state index contributed by atoms with van der Waals surface area (Å²) < 4.78 is 0. The average molecular weight is 244 g/mol. The van der Waals surface area contributed by atoms with Crippen LogP contribution in [0.15, 0.2) is 30.3 Å². The molecule has 1 N–H and O–H groups in total. The van der Waals surface area contributed by atoms with Crippen molar-refractivity contribution < 1.29 is 4.79 Å². The number of carbonyl (C=O) groups is 1. The van der Waals surface area contributed by atoms with E-state index in [0.29, 0.717) is 6.04 Å². The number of nitrogens with one attached hydrogen (secondary N) is 1. The standard InChI is InChI=1S/C15H20N2O/c1-10-14(18)17(12-9-15(12,2)3)13(16-10)11-7-5-4-6-8-11/h4-8,10,12-13,16H,9H2,1-3H3. The lowest BCUT2D eigenvalue weighted by Gasteiger charge is -2.26. The Kier molecular flexibility index (Phi) is 2.49. The second-order valence-corrected chi connectivity index (χ2v) is 6.16.